The van der Waals surface area contributed by atoms with Gasteiger partial charge in [-0.3, -0.25) is 0 Å². The predicted molar refractivity (Wildman–Crippen MR) is 79.5 cm³/mol. The lowest BCUT2D eigenvalue weighted by Gasteiger charge is -2.36. The summed E-state index contributed by atoms with van der Waals surface area (Å²) in [6.45, 7) is 3.35. The number of hydrogen-bond acceptors (Lipinski definition) is 3. The summed E-state index contributed by atoms with van der Waals surface area (Å²) >= 11 is 0. The molecule has 0 heterocycles. The van der Waals surface area contributed by atoms with E-state index >= 15 is 0 Å². The second-order valence-corrected chi connectivity index (χ2v) is 5.76. The molecule has 0 atom stereocenters. The van der Waals surface area contributed by atoms with Crippen molar-refractivity contribution in [2.45, 2.75) is 24.8 Å². The van der Waals surface area contributed by atoms with Crippen LogP contribution >= 0.6 is 0 Å². The molecule has 1 aliphatic carbocycles. The van der Waals surface area contributed by atoms with E-state index in [1.807, 2.05) is 26.2 Å². The monoisotopic (exact) mass is 280 g/mol. The number of ether oxygens (including phenoxy) is 1. The van der Waals surface area contributed by atoms with Gasteiger partial charge < -0.3 is 15.0 Å². The zero-order valence-electron chi connectivity index (χ0n) is 12.4. The van der Waals surface area contributed by atoms with Crippen LogP contribution < -0.4 is 5.32 Å². The van der Waals surface area contributed by atoms with Crippen LogP contribution in [0.2, 0.25) is 0 Å². The first kappa shape index (κ1) is 15.4. The Kier molecular flexibility index (Phi) is 5.95. The lowest BCUT2D eigenvalue weighted by atomic mass is 9.75. The summed E-state index contributed by atoms with van der Waals surface area (Å²) in [5.41, 5.74) is 0.868. The minimum Gasteiger partial charge on any atom is -0.379 e. The Balaban J connectivity index is 1.55. The summed E-state index contributed by atoms with van der Waals surface area (Å²) in [6, 6.07) is 7.63. The third kappa shape index (κ3) is 4.54. The van der Waals surface area contributed by atoms with Gasteiger partial charge in [-0.25, -0.2) is 4.39 Å². The first-order chi connectivity index (χ1) is 9.66. The van der Waals surface area contributed by atoms with Gasteiger partial charge >= 0.3 is 0 Å². The molecule has 2 rings (SSSR count). The zero-order valence-corrected chi connectivity index (χ0v) is 12.4. The number of likely N-dealkylation sites (N-methyl/N-ethyl adjacent to an activating group) is 1. The summed E-state index contributed by atoms with van der Waals surface area (Å²) in [4.78, 5) is 2.11. The van der Waals surface area contributed by atoms with Crippen LogP contribution in [0.3, 0.4) is 0 Å². The lowest BCUT2D eigenvalue weighted by Crippen LogP contribution is -2.41. The molecular formula is C16H25FN2O. The van der Waals surface area contributed by atoms with Gasteiger partial charge in [0.1, 0.15) is 5.82 Å². The molecule has 0 radical (unpaired) electrons. The molecular weight excluding hydrogens is 255 g/mol. The molecule has 1 saturated carbocycles. The number of benzene rings is 1. The molecule has 4 heteroatoms. The second-order valence-electron chi connectivity index (χ2n) is 5.76. The Morgan fingerprint density at radius 2 is 2.00 bits per heavy atom. The lowest BCUT2D eigenvalue weighted by molar-refractivity contribution is 0.113. The Labute approximate surface area is 121 Å². The molecule has 0 aromatic heterocycles. The molecule has 20 heavy (non-hydrogen) atoms. The molecule has 3 nitrogen and oxygen atoms in total. The van der Waals surface area contributed by atoms with Gasteiger partial charge in [-0.1, -0.05) is 18.2 Å². The molecule has 0 saturated heterocycles. The minimum atomic E-state index is -0.0667. The van der Waals surface area contributed by atoms with Crippen LogP contribution in [0.4, 0.5) is 4.39 Å². The highest BCUT2D eigenvalue weighted by atomic mass is 19.1. The maximum absolute atomic E-state index is 13.6. The van der Waals surface area contributed by atoms with E-state index in [0.717, 1.165) is 44.7 Å². The standard InChI is InChI=1S/C16H25FN2O/c1-19(2)8-10-20-9-7-18-14-11-13(12-14)15-5-3-4-6-16(15)17/h3-6,13-14,18H,7-12H2,1-2H3. The Morgan fingerprint density at radius 3 is 2.70 bits per heavy atom. The van der Waals surface area contributed by atoms with Crippen molar-refractivity contribution >= 4 is 0 Å². The molecule has 0 unspecified atom stereocenters. The largest absolute Gasteiger partial charge is 0.379 e. The normalized spacial score (nSPS) is 22.0. The van der Waals surface area contributed by atoms with E-state index in [2.05, 4.69) is 10.2 Å². The van der Waals surface area contributed by atoms with E-state index in [9.17, 15) is 4.39 Å². The molecule has 1 aliphatic rings. The summed E-state index contributed by atoms with van der Waals surface area (Å²) in [5.74, 6) is 0.311. The number of hydrogen-bond donors (Lipinski definition) is 1. The van der Waals surface area contributed by atoms with Gasteiger partial charge in [0.2, 0.25) is 0 Å². The molecule has 0 bridgehead atoms. The van der Waals surface area contributed by atoms with Gasteiger partial charge in [0, 0.05) is 19.1 Å². The Bertz CT molecular complexity index is 405. The third-order valence-corrected chi connectivity index (χ3v) is 3.85. The maximum Gasteiger partial charge on any atom is 0.126 e. The SMILES string of the molecule is CN(C)CCOCCNC1CC(c2ccccc2F)C1. The fourth-order valence-electron chi connectivity index (χ4n) is 2.53. The van der Waals surface area contributed by atoms with Crippen molar-refractivity contribution in [1.29, 1.82) is 0 Å². The maximum atomic E-state index is 13.6. The molecule has 0 spiro atoms. The Hall–Kier alpha value is -0.970. The molecule has 1 aromatic carbocycles. The topological polar surface area (TPSA) is 24.5 Å². The van der Waals surface area contributed by atoms with Crippen LogP contribution in [-0.4, -0.2) is 51.3 Å². The highest BCUT2D eigenvalue weighted by Crippen LogP contribution is 2.37. The molecule has 0 amide bonds. The smallest absolute Gasteiger partial charge is 0.126 e. The van der Waals surface area contributed by atoms with Gasteiger partial charge in [0.15, 0.2) is 0 Å². The van der Waals surface area contributed by atoms with E-state index in [4.69, 9.17) is 4.74 Å². The molecule has 1 aromatic rings. The van der Waals surface area contributed by atoms with Gasteiger partial charge in [-0.15, -0.1) is 0 Å². The van der Waals surface area contributed by atoms with Crippen molar-refractivity contribution in [3.8, 4) is 0 Å². The van der Waals surface area contributed by atoms with Crippen LogP contribution in [0.15, 0.2) is 24.3 Å². The van der Waals surface area contributed by atoms with Crippen LogP contribution in [0.25, 0.3) is 0 Å². The van der Waals surface area contributed by atoms with E-state index < -0.39 is 0 Å². The average Bonchev–Trinajstić information content (AvgIpc) is 2.36. The average molecular weight is 280 g/mol. The van der Waals surface area contributed by atoms with Crippen LogP contribution in [0.1, 0.15) is 24.3 Å². The summed E-state index contributed by atoms with van der Waals surface area (Å²) in [6.07, 6.45) is 2.05. The first-order valence-electron chi connectivity index (χ1n) is 7.37. The highest BCUT2D eigenvalue weighted by molar-refractivity contribution is 5.24. The molecule has 112 valence electrons. The fraction of sp³-hybridized carbons (Fsp3) is 0.625. The van der Waals surface area contributed by atoms with Gasteiger partial charge in [-0.2, -0.15) is 0 Å². The summed E-state index contributed by atoms with van der Waals surface area (Å²) in [7, 11) is 4.08. The van der Waals surface area contributed by atoms with Gasteiger partial charge in [0.05, 0.1) is 13.2 Å². The zero-order chi connectivity index (χ0) is 14.4. The minimum absolute atomic E-state index is 0.0667. The van der Waals surface area contributed by atoms with Crippen molar-refractivity contribution in [3.63, 3.8) is 0 Å². The quantitative estimate of drug-likeness (QED) is 0.739. The summed E-state index contributed by atoms with van der Waals surface area (Å²) in [5, 5.41) is 3.47. The van der Waals surface area contributed by atoms with Crippen LogP contribution in [-0.2, 0) is 4.74 Å². The van der Waals surface area contributed by atoms with Gasteiger partial charge in [0.25, 0.3) is 0 Å². The third-order valence-electron chi connectivity index (χ3n) is 3.85. The van der Waals surface area contributed by atoms with E-state index in [1.54, 1.807) is 12.1 Å². The van der Waals surface area contributed by atoms with Crippen molar-refractivity contribution in [1.82, 2.24) is 10.2 Å². The van der Waals surface area contributed by atoms with Crippen LogP contribution in [0.5, 0.6) is 0 Å². The summed E-state index contributed by atoms with van der Waals surface area (Å²) < 4.78 is 19.1. The van der Waals surface area contributed by atoms with Crippen molar-refractivity contribution < 1.29 is 9.13 Å². The number of nitrogens with one attached hydrogen (secondary N) is 1. The number of rotatable bonds is 8. The van der Waals surface area contributed by atoms with Gasteiger partial charge in [-0.05, 0) is 44.5 Å². The highest BCUT2D eigenvalue weighted by Gasteiger charge is 2.31. The Morgan fingerprint density at radius 1 is 1.25 bits per heavy atom. The van der Waals surface area contributed by atoms with Crippen molar-refractivity contribution in [2.75, 3.05) is 40.4 Å². The first-order valence-corrected chi connectivity index (χ1v) is 7.37. The molecule has 1 N–H and O–H groups in total. The predicted octanol–water partition coefficient (Wildman–Crippen LogP) is 2.24. The molecule has 0 aliphatic heterocycles. The van der Waals surface area contributed by atoms with E-state index in [1.165, 1.54) is 0 Å². The number of nitrogens with zero attached hydrogens (tertiary/aromatic N) is 1. The van der Waals surface area contributed by atoms with E-state index in [0.29, 0.717) is 12.0 Å². The second kappa shape index (κ2) is 7.72. The van der Waals surface area contributed by atoms with Crippen molar-refractivity contribution in [3.05, 3.63) is 35.6 Å². The van der Waals surface area contributed by atoms with Crippen molar-refractivity contribution in [2.24, 2.45) is 0 Å². The molecule has 1 fully saturated rings. The number of halogens is 1. The van der Waals surface area contributed by atoms with Crippen LogP contribution in [0, 0.1) is 5.82 Å². The van der Waals surface area contributed by atoms with E-state index in [-0.39, 0.29) is 5.82 Å². The fourth-order valence-corrected chi connectivity index (χ4v) is 2.53.